The highest BCUT2D eigenvalue weighted by molar-refractivity contribution is 5.97. The van der Waals surface area contributed by atoms with Crippen molar-refractivity contribution in [3.05, 3.63) is 18.2 Å². The monoisotopic (exact) mass is 749 g/mol. The molecule has 1 aliphatic heterocycles. The fourth-order valence-corrected chi connectivity index (χ4v) is 5.48. The van der Waals surface area contributed by atoms with E-state index in [-0.39, 0.29) is 38.8 Å². The number of rotatable bonds is 21. The maximum atomic E-state index is 13.8. The van der Waals surface area contributed by atoms with E-state index in [9.17, 15) is 43.2 Å². The van der Waals surface area contributed by atoms with Crippen LogP contribution < -0.4 is 43.4 Å². The van der Waals surface area contributed by atoms with Crippen molar-refractivity contribution in [3.8, 4) is 0 Å². The van der Waals surface area contributed by atoms with Crippen LogP contribution in [0.1, 0.15) is 59.1 Å². The summed E-state index contributed by atoms with van der Waals surface area (Å²) in [6.07, 6.45) is 2.84. The molecule has 294 valence electrons. The van der Waals surface area contributed by atoms with Crippen molar-refractivity contribution in [2.45, 2.75) is 90.0 Å². The number of H-pyrrole nitrogens is 1. The number of nitrogens with two attached hydrogens (primary N) is 2. The Morgan fingerprint density at radius 3 is 2.04 bits per heavy atom. The maximum Gasteiger partial charge on any atom is 0.322 e. The molecular formula is C32H51N11O10. The number of primary amides is 1. The highest BCUT2D eigenvalue weighted by Gasteiger charge is 2.39. The normalized spacial score (nSPS) is 16.1. The summed E-state index contributed by atoms with van der Waals surface area (Å²) in [7, 11) is 0. The summed E-state index contributed by atoms with van der Waals surface area (Å²) >= 11 is 0. The maximum absolute atomic E-state index is 13.8. The summed E-state index contributed by atoms with van der Waals surface area (Å²) in [6.45, 7) is 5.29. The molecule has 21 nitrogen and oxygen atoms in total. The van der Waals surface area contributed by atoms with Crippen LogP contribution in [-0.2, 0) is 49.6 Å². The van der Waals surface area contributed by atoms with Gasteiger partial charge in [-0.1, -0.05) is 27.7 Å². The van der Waals surface area contributed by atoms with Crippen molar-refractivity contribution < 1.29 is 48.3 Å². The molecule has 1 aliphatic rings. The molecule has 12 N–H and O–H groups in total. The molecule has 1 aromatic rings. The van der Waals surface area contributed by atoms with Gasteiger partial charge in [-0.2, -0.15) is 0 Å². The van der Waals surface area contributed by atoms with E-state index in [1.165, 1.54) is 17.4 Å². The number of hydrogen-bond donors (Lipinski definition) is 10. The van der Waals surface area contributed by atoms with Gasteiger partial charge in [0.2, 0.25) is 47.3 Å². The molecule has 0 spiro atoms. The lowest BCUT2D eigenvalue weighted by Gasteiger charge is -2.31. The predicted octanol–water partition coefficient (Wildman–Crippen LogP) is -4.26. The number of carbonyl (C=O) groups is 9. The van der Waals surface area contributed by atoms with Crippen LogP contribution in [0.4, 0.5) is 0 Å². The SMILES string of the molecule is CC(C)[C@H](NC(=O)CNC(=O)CN)C(=O)N[C@@H](Cc1cnc[nH]1)C(=O)N[C@H](C(=O)N[C@@H](CCC(N)=O)C(=O)N1CCC[C@H]1C(=O)NCC(=O)O)C(C)C. The van der Waals surface area contributed by atoms with E-state index < -0.39 is 108 Å². The van der Waals surface area contributed by atoms with E-state index >= 15 is 0 Å². The Labute approximate surface area is 305 Å². The molecule has 1 fully saturated rings. The highest BCUT2D eigenvalue weighted by atomic mass is 16.4. The van der Waals surface area contributed by atoms with E-state index in [2.05, 4.69) is 41.9 Å². The summed E-state index contributed by atoms with van der Waals surface area (Å²) in [5, 5.41) is 23.9. The second kappa shape index (κ2) is 21.1. The third-order valence-corrected chi connectivity index (χ3v) is 8.30. The van der Waals surface area contributed by atoms with Gasteiger partial charge in [0, 0.05) is 31.3 Å². The van der Waals surface area contributed by atoms with Gasteiger partial charge in [-0.05, 0) is 31.1 Å². The Morgan fingerprint density at radius 1 is 0.868 bits per heavy atom. The standard InChI is InChI=1S/C32H51N11O10/c1-16(2)26(41-24(46)13-36-23(45)11-33)30(51)40-20(10-18-12-35-15-38-18)28(49)42-27(17(3)4)31(52)39-19(7-8-22(34)44)32(53)43-9-5-6-21(43)29(50)37-14-25(47)48/h12,15-17,19-21,26-27H,5-11,13-14,33H2,1-4H3,(H2,34,44)(H,35,38)(H,36,45)(H,37,50)(H,39,52)(H,40,51)(H,41,46)(H,42,49)(H,47,48)/t19-,20-,21-,26-,27-/m0/s1. The largest absolute Gasteiger partial charge is 0.480 e. The molecule has 0 aromatic carbocycles. The molecule has 2 rings (SSSR count). The zero-order valence-corrected chi connectivity index (χ0v) is 30.2. The number of carboxylic acids is 1. The first-order valence-electron chi connectivity index (χ1n) is 17.2. The van der Waals surface area contributed by atoms with Crippen LogP contribution >= 0.6 is 0 Å². The average molecular weight is 750 g/mol. The molecule has 21 heteroatoms. The third-order valence-electron chi connectivity index (χ3n) is 8.30. The molecule has 5 atom stereocenters. The highest BCUT2D eigenvalue weighted by Crippen LogP contribution is 2.20. The first-order chi connectivity index (χ1) is 24.9. The molecule has 2 heterocycles. The Hall–Kier alpha value is -5.60. The second-order valence-electron chi connectivity index (χ2n) is 13.2. The molecule has 53 heavy (non-hydrogen) atoms. The fraction of sp³-hybridized carbons (Fsp3) is 0.625. The average Bonchev–Trinajstić information content (AvgIpc) is 3.80. The molecule has 0 bridgehead atoms. The minimum Gasteiger partial charge on any atom is -0.480 e. The quantitative estimate of drug-likeness (QED) is 0.0571. The summed E-state index contributed by atoms with van der Waals surface area (Å²) in [5.41, 5.74) is 11.0. The third kappa shape index (κ3) is 14.2. The van der Waals surface area contributed by atoms with Crippen LogP contribution in [0.15, 0.2) is 12.5 Å². The number of imidazole rings is 1. The number of carboxylic acid groups (broad SMARTS) is 1. The van der Waals surface area contributed by atoms with Crippen LogP contribution in [-0.4, -0.2) is 130 Å². The van der Waals surface area contributed by atoms with E-state index in [4.69, 9.17) is 16.6 Å². The number of carbonyl (C=O) groups excluding carboxylic acids is 8. The fourth-order valence-electron chi connectivity index (χ4n) is 5.48. The molecule has 0 saturated carbocycles. The first-order valence-corrected chi connectivity index (χ1v) is 17.2. The topological polar surface area (TPSA) is 330 Å². The number of aromatic amines is 1. The second-order valence-corrected chi connectivity index (χ2v) is 13.2. The van der Waals surface area contributed by atoms with Gasteiger partial charge in [0.1, 0.15) is 36.8 Å². The van der Waals surface area contributed by atoms with Crippen LogP contribution in [0.3, 0.4) is 0 Å². The smallest absolute Gasteiger partial charge is 0.322 e. The molecular weight excluding hydrogens is 698 g/mol. The van der Waals surface area contributed by atoms with Gasteiger partial charge in [-0.3, -0.25) is 43.2 Å². The Bertz CT molecular complexity index is 1480. The number of amides is 8. The number of nitrogens with one attached hydrogen (secondary N) is 7. The van der Waals surface area contributed by atoms with Gasteiger partial charge < -0.3 is 58.4 Å². The Morgan fingerprint density at radius 2 is 1.49 bits per heavy atom. The number of aliphatic carboxylic acids is 1. The zero-order chi connectivity index (χ0) is 39.8. The Balaban J connectivity index is 2.28. The lowest BCUT2D eigenvalue weighted by Crippen LogP contribution is -2.61. The van der Waals surface area contributed by atoms with Crippen LogP contribution in [0.25, 0.3) is 0 Å². The van der Waals surface area contributed by atoms with Gasteiger partial charge >= 0.3 is 5.97 Å². The number of likely N-dealkylation sites (tertiary alicyclic amines) is 1. The van der Waals surface area contributed by atoms with Gasteiger partial charge in [0.25, 0.3) is 0 Å². The number of nitrogens with zero attached hydrogens (tertiary/aromatic N) is 2. The van der Waals surface area contributed by atoms with Crippen LogP contribution in [0.2, 0.25) is 0 Å². The molecule has 8 amide bonds. The van der Waals surface area contributed by atoms with Crippen LogP contribution in [0.5, 0.6) is 0 Å². The number of aromatic nitrogens is 2. The van der Waals surface area contributed by atoms with Crippen molar-refractivity contribution in [2.75, 3.05) is 26.2 Å². The van der Waals surface area contributed by atoms with Crippen molar-refractivity contribution in [2.24, 2.45) is 23.3 Å². The van der Waals surface area contributed by atoms with E-state index in [0.717, 1.165) is 0 Å². The van der Waals surface area contributed by atoms with Gasteiger partial charge in [0.15, 0.2) is 0 Å². The van der Waals surface area contributed by atoms with Gasteiger partial charge in [-0.25, -0.2) is 4.98 Å². The van der Waals surface area contributed by atoms with E-state index in [0.29, 0.717) is 12.1 Å². The summed E-state index contributed by atoms with van der Waals surface area (Å²) in [6, 6.07) is -6.05. The molecule has 0 radical (unpaired) electrons. The van der Waals surface area contributed by atoms with Crippen molar-refractivity contribution in [1.29, 1.82) is 0 Å². The van der Waals surface area contributed by atoms with Gasteiger partial charge in [-0.15, -0.1) is 0 Å². The number of hydrogen-bond acceptors (Lipinski definition) is 11. The lowest BCUT2D eigenvalue weighted by molar-refractivity contribution is -0.143. The first kappa shape index (κ1) is 43.6. The summed E-state index contributed by atoms with van der Waals surface area (Å²) in [5.74, 6) is -8.01. The van der Waals surface area contributed by atoms with E-state index in [1.54, 1.807) is 27.7 Å². The summed E-state index contributed by atoms with van der Waals surface area (Å²) in [4.78, 5) is 122. The minimum absolute atomic E-state index is 0.102. The Kier molecular flexibility index (Phi) is 17.3. The molecule has 0 unspecified atom stereocenters. The van der Waals surface area contributed by atoms with Crippen molar-refractivity contribution in [3.63, 3.8) is 0 Å². The predicted molar refractivity (Wildman–Crippen MR) is 186 cm³/mol. The van der Waals surface area contributed by atoms with Gasteiger partial charge in [0.05, 0.1) is 19.4 Å². The lowest BCUT2D eigenvalue weighted by atomic mass is 10.00. The molecule has 1 aromatic heterocycles. The minimum atomic E-state index is -1.34. The van der Waals surface area contributed by atoms with Crippen molar-refractivity contribution in [1.82, 2.24) is 46.8 Å². The van der Waals surface area contributed by atoms with Crippen molar-refractivity contribution >= 4 is 53.2 Å². The zero-order valence-electron chi connectivity index (χ0n) is 30.2. The molecule has 1 saturated heterocycles. The molecule has 0 aliphatic carbocycles. The van der Waals surface area contributed by atoms with E-state index in [1.807, 2.05) is 0 Å². The van der Waals surface area contributed by atoms with Crippen LogP contribution in [0, 0.1) is 11.8 Å². The summed E-state index contributed by atoms with van der Waals surface area (Å²) < 4.78 is 0.